The molecule has 7 nitrogen and oxygen atoms in total. The fourth-order valence-electron chi connectivity index (χ4n) is 3.70. The topological polar surface area (TPSA) is 76.9 Å². The summed E-state index contributed by atoms with van der Waals surface area (Å²) in [4.78, 5) is 12.2. The number of rotatable bonds is 7. The number of benzene rings is 3. The van der Waals surface area contributed by atoms with Gasteiger partial charge in [0, 0.05) is 44.5 Å². The molecule has 1 aliphatic rings. The smallest absolute Gasteiger partial charge is 0.259 e. The fourth-order valence-corrected chi connectivity index (χ4v) is 4.06. The van der Waals surface area contributed by atoms with Gasteiger partial charge in [0.2, 0.25) is 6.79 Å². The number of fused-ring (bicyclic) bond motifs is 2. The molecule has 1 amide bonds. The Balaban J connectivity index is 1.23. The van der Waals surface area contributed by atoms with Crippen molar-refractivity contribution in [3.8, 4) is 11.5 Å². The van der Waals surface area contributed by atoms with Gasteiger partial charge in [-0.25, -0.2) is 5.43 Å². The van der Waals surface area contributed by atoms with Crippen molar-refractivity contribution in [2.24, 2.45) is 5.10 Å². The minimum Gasteiger partial charge on any atom is -0.454 e. The molecule has 1 aromatic heterocycles. The lowest BCUT2D eigenvalue weighted by Gasteiger charge is -2.06. The summed E-state index contributed by atoms with van der Waals surface area (Å²) in [7, 11) is 0. The molecule has 1 aliphatic heterocycles. The minimum absolute atomic E-state index is 0.0888. The van der Waals surface area contributed by atoms with E-state index in [2.05, 4.69) is 85.6 Å². The van der Waals surface area contributed by atoms with Crippen LogP contribution in [-0.4, -0.2) is 30.0 Å². The van der Waals surface area contributed by atoms with Crippen molar-refractivity contribution in [2.75, 3.05) is 18.7 Å². The number of anilines is 1. The van der Waals surface area contributed by atoms with E-state index in [1.165, 1.54) is 9.13 Å². The van der Waals surface area contributed by atoms with E-state index in [-0.39, 0.29) is 19.2 Å². The maximum absolute atomic E-state index is 12.2. The van der Waals surface area contributed by atoms with Crippen molar-refractivity contribution in [1.29, 1.82) is 0 Å². The summed E-state index contributed by atoms with van der Waals surface area (Å²) in [6, 6.07) is 22.1. The van der Waals surface area contributed by atoms with Crippen LogP contribution in [0.5, 0.6) is 11.5 Å². The van der Waals surface area contributed by atoms with Crippen molar-refractivity contribution in [3.63, 3.8) is 0 Å². The van der Waals surface area contributed by atoms with E-state index >= 15 is 0 Å². The summed E-state index contributed by atoms with van der Waals surface area (Å²) in [5, 5.41) is 8.31. The summed E-state index contributed by atoms with van der Waals surface area (Å²) in [6.07, 6.45) is 3.74. The summed E-state index contributed by atoms with van der Waals surface area (Å²) < 4.78 is 14.1. The molecule has 0 bridgehead atoms. The van der Waals surface area contributed by atoms with Crippen molar-refractivity contribution >= 4 is 51.3 Å². The maximum Gasteiger partial charge on any atom is 0.259 e. The molecule has 8 heteroatoms. The molecule has 4 aromatic rings. The van der Waals surface area contributed by atoms with E-state index < -0.39 is 0 Å². The van der Waals surface area contributed by atoms with Gasteiger partial charge in [0.1, 0.15) is 0 Å². The molecule has 0 atom stereocenters. The Kier molecular flexibility index (Phi) is 6.16. The number of nitrogens with one attached hydrogen (secondary N) is 2. The molecular weight excluding hydrogens is 531 g/mol. The van der Waals surface area contributed by atoms with Gasteiger partial charge in [0.05, 0.1) is 12.8 Å². The Morgan fingerprint density at radius 3 is 2.76 bits per heavy atom. The first-order valence-electron chi connectivity index (χ1n) is 10.4. The highest BCUT2D eigenvalue weighted by atomic mass is 127. The molecule has 0 saturated heterocycles. The lowest BCUT2D eigenvalue weighted by molar-refractivity contribution is -0.119. The summed E-state index contributed by atoms with van der Waals surface area (Å²) in [6.45, 7) is 1.07. The van der Waals surface area contributed by atoms with Gasteiger partial charge in [0.15, 0.2) is 11.5 Å². The quantitative estimate of drug-likeness (QED) is 0.200. The fraction of sp³-hybridized carbons (Fsp3) is 0.120. The van der Waals surface area contributed by atoms with E-state index in [0.29, 0.717) is 11.5 Å². The molecule has 0 unspecified atom stereocenters. The molecule has 2 heterocycles. The van der Waals surface area contributed by atoms with Crippen LogP contribution in [0, 0.1) is 3.57 Å². The van der Waals surface area contributed by atoms with Gasteiger partial charge in [0.25, 0.3) is 5.91 Å². The Labute approximate surface area is 204 Å². The number of aromatic nitrogens is 1. The summed E-state index contributed by atoms with van der Waals surface area (Å²) >= 11 is 2.31. The zero-order valence-electron chi connectivity index (χ0n) is 17.6. The average Bonchev–Trinajstić information content (AvgIpc) is 3.44. The number of hydrogen-bond acceptors (Lipinski definition) is 5. The zero-order chi connectivity index (χ0) is 22.6. The highest BCUT2D eigenvalue weighted by Crippen LogP contribution is 2.34. The maximum atomic E-state index is 12.2. The zero-order valence-corrected chi connectivity index (χ0v) is 19.8. The number of hydrogen-bond donors (Lipinski definition) is 2. The van der Waals surface area contributed by atoms with E-state index in [4.69, 9.17) is 9.47 Å². The Morgan fingerprint density at radius 2 is 1.88 bits per heavy atom. The number of carbonyl (C=O) groups is 1. The summed E-state index contributed by atoms with van der Waals surface area (Å²) in [5.74, 6) is 1.13. The second kappa shape index (κ2) is 9.53. The van der Waals surface area contributed by atoms with Gasteiger partial charge >= 0.3 is 0 Å². The van der Waals surface area contributed by atoms with Crippen molar-refractivity contribution < 1.29 is 14.3 Å². The first kappa shape index (κ1) is 21.3. The van der Waals surface area contributed by atoms with E-state index in [1.807, 2.05) is 24.3 Å². The molecule has 0 aliphatic carbocycles. The van der Waals surface area contributed by atoms with Crippen molar-refractivity contribution in [3.05, 3.63) is 87.6 Å². The Bertz CT molecular complexity index is 1330. The predicted octanol–water partition coefficient (Wildman–Crippen LogP) is 4.59. The number of hydrazone groups is 1. The molecule has 0 fully saturated rings. The highest BCUT2D eigenvalue weighted by Gasteiger charge is 2.13. The third-order valence-electron chi connectivity index (χ3n) is 5.30. The van der Waals surface area contributed by atoms with Crippen molar-refractivity contribution in [2.45, 2.75) is 6.54 Å². The van der Waals surface area contributed by atoms with Crippen LogP contribution in [-0.2, 0) is 11.3 Å². The number of carbonyl (C=O) groups excluding carboxylic acids is 1. The van der Waals surface area contributed by atoms with Crippen molar-refractivity contribution in [1.82, 2.24) is 9.99 Å². The monoisotopic (exact) mass is 552 g/mol. The molecule has 3 aromatic carbocycles. The SMILES string of the molecule is O=C(CNc1ccc2c(c1)OCO2)NN=Cc1cn(Cc2ccc(I)cc2)c2ccccc12. The van der Waals surface area contributed by atoms with Gasteiger partial charge in [-0.2, -0.15) is 5.10 Å². The molecule has 0 radical (unpaired) electrons. The number of para-hydroxylation sites is 1. The predicted molar refractivity (Wildman–Crippen MR) is 137 cm³/mol. The van der Waals surface area contributed by atoms with Crippen LogP contribution in [0.1, 0.15) is 11.1 Å². The van der Waals surface area contributed by atoms with Gasteiger partial charge in [-0.05, 0) is 58.5 Å². The van der Waals surface area contributed by atoms with Gasteiger partial charge < -0.3 is 19.4 Å². The number of nitrogens with zero attached hydrogens (tertiary/aromatic N) is 2. The van der Waals surface area contributed by atoms with E-state index in [0.717, 1.165) is 28.7 Å². The highest BCUT2D eigenvalue weighted by molar-refractivity contribution is 14.1. The van der Waals surface area contributed by atoms with Crippen LogP contribution in [0.25, 0.3) is 10.9 Å². The third kappa shape index (κ3) is 4.95. The largest absolute Gasteiger partial charge is 0.454 e. The van der Waals surface area contributed by atoms with E-state index in [9.17, 15) is 4.79 Å². The van der Waals surface area contributed by atoms with Crippen LogP contribution in [0.2, 0.25) is 0 Å². The lowest BCUT2D eigenvalue weighted by atomic mass is 10.2. The molecular formula is C25H21IN4O3. The average molecular weight is 552 g/mol. The summed E-state index contributed by atoms with van der Waals surface area (Å²) in [5.41, 5.74) is 6.65. The van der Waals surface area contributed by atoms with Gasteiger partial charge in [-0.3, -0.25) is 4.79 Å². The van der Waals surface area contributed by atoms with Crippen LogP contribution < -0.4 is 20.2 Å². The number of amides is 1. The minimum atomic E-state index is -0.244. The third-order valence-corrected chi connectivity index (χ3v) is 6.02. The second-order valence-corrected chi connectivity index (χ2v) is 8.82. The first-order chi connectivity index (χ1) is 16.2. The molecule has 0 spiro atoms. The standard InChI is InChI=1S/C25H21IN4O3/c26-19-7-5-17(6-8-19)14-30-15-18(21-3-1-2-4-22(21)30)12-28-29-25(31)13-27-20-9-10-23-24(11-20)33-16-32-23/h1-12,15,27H,13-14,16H2,(H,29,31). The van der Waals surface area contributed by atoms with Crippen LogP contribution in [0.15, 0.2) is 78.0 Å². The lowest BCUT2D eigenvalue weighted by Crippen LogP contribution is -2.25. The van der Waals surface area contributed by atoms with Gasteiger partial charge in [-0.15, -0.1) is 0 Å². The second-order valence-electron chi connectivity index (χ2n) is 7.57. The number of halogens is 1. The molecule has 0 saturated carbocycles. The van der Waals surface area contributed by atoms with Gasteiger partial charge in [-0.1, -0.05) is 30.3 Å². The molecule has 33 heavy (non-hydrogen) atoms. The molecule has 5 rings (SSSR count). The van der Waals surface area contributed by atoms with Crippen LogP contribution in [0.4, 0.5) is 5.69 Å². The normalized spacial score (nSPS) is 12.4. The van der Waals surface area contributed by atoms with E-state index in [1.54, 1.807) is 12.3 Å². The Morgan fingerprint density at radius 1 is 1.06 bits per heavy atom. The Hall–Kier alpha value is -3.53. The van der Waals surface area contributed by atoms with Crippen LogP contribution >= 0.6 is 22.6 Å². The number of ether oxygens (including phenoxy) is 2. The van der Waals surface area contributed by atoms with Crippen LogP contribution in [0.3, 0.4) is 0 Å². The first-order valence-corrected chi connectivity index (χ1v) is 11.5. The molecule has 2 N–H and O–H groups in total. The molecule has 166 valence electrons.